The Balaban J connectivity index is 1.78. The summed E-state index contributed by atoms with van der Waals surface area (Å²) in [5.41, 5.74) is 2.41. The van der Waals surface area contributed by atoms with Crippen LogP contribution >= 0.6 is 0 Å². The predicted octanol–water partition coefficient (Wildman–Crippen LogP) is 1.41. The van der Waals surface area contributed by atoms with E-state index >= 15 is 0 Å². The molecule has 5 nitrogen and oxygen atoms in total. The van der Waals surface area contributed by atoms with Gasteiger partial charge in [0.1, 0.15) is 0 Å². The first-order valence-electron chi connectivity index (χ1n) is 8.05. The molecule has 1 saturated heterocycles. The topological polar surface area (TPSA) is 39.7 Å². The van der Waals surface area contributed by atoms with Crippen molar-refractivity contribution in [1.82, 2.24) is 19.7 Å². The minimum absolute atomic E-state index is 0.182. The van der Waals surface area contributed by atoms with Crippen LogP contribution in [0.25, 0.3) is 0 Å². The fraction of sp³-hybridized carbons (Fsp3) is 0.647. The van der Waals surface area contributed by atoms with Crippen molar-refractivity contribution in [2.24, 2.45) is 0 Å². The van der Waals surface area contributed by atoms with Crippen LogP contribution in [0.1, 0.15) is 31.0 Å². The first-order chi connectivity index (χ1) is 10.5. The van der Waals surface area contributed by atoms with Gasteiger partial charge in [-0.3, -0.25) is 19.6 Å². The van der Waals surface area contributed by atoms with Crippen molar-refractivity contribution in [3.8, 4) is 0 Å². The van der Waals surface area contributed by atoms with Crippen molar-refractivity contribution in [1.29, 1.82) is 0 Å². The van der Waals surface area contributed by atoms with Gasteiger partial charge in [0.25, 0.3) is 0 Å². The highest BCUT2D eigenvalue weighted by Crippen LogP contribution is 2.13. The summed E-state index contributed by atoms with van der Waals surface area (Å²) in [5.74, 6) is 0.661. The molecule has 0 bridgehead atoms. The van der Waals surface area contributed by atoms with Crippen LogP contribution < -0.4 is 0 Å². The Morgan fingerprint density at radius 1 is 1.18 bits per heavy atom. The zero-order chi connectivity index (χ0) is 16.1. The summed E-state index contributed by atoms with van der Waals surface area (Å²) in [6, 6.07) is 4.32. The largest absolute Gasteiger partial charge is 0.348 e. The molecule has 1 aliphatic heterocycles. The normalized spacial score (nSPS) is 17.0. The van der Waals surface area contributed by atoms with Crippen LogP contribution in [-0.2, 0) is 11.3 Å². The molecular weight excluding hydrogens is 276 g/mol. The standard InChI is InChI=1S/C17H28N4O/c1-14(2)16-6-5-15(11-18-16)12-20-7-9-21(10-8-20)13-17(22)19(3)4/h5-6,11,14H,7-10,12-13H2,1-4H3. The van der Waals surface area contributed by atoms with E-state index in [0.29, 0.717) is 12.5 Å². The highest BCUT2D eigenvalue weighted by Gasteiger charge is 2.19. The Morgan fingerprint density at radius 3 is 2.32 bits per heavy atom. The molecule has 1 aromatic heterocycles. The second-order valence-corrected chi connectivity index (χ2v) is 6.59. The minimum atomic E-state index is 0.182. The number of piperazine rings is 1. The number of amides is 1. The van der Waals surface area contributed by atoms with E-state index in [1.54, 1.807) is 4.90 Å². The third-order valence-electron chi connectivity index (χ3n) is 4.17. The highest BCUT2D eigenvalue weighted by molar-refractivity contribution is 5.77. The van der Waals surface area contributed by atoms with Crippen LogP contribution in [0.2, 0.25) is 0 Å². The molecule has 1 fully saturated rings. The Kier molecular flexibility index (Phi) is 5.91. The monoisotopic (exact) mass is 304 g/mol. The Morgan fingerprint density at radius 2 is 1.82 bits per heavy atom. The fourth-order valence-corrected chi connectivity index (χ4v) is 2.57. The number of carbonyl (C=O) groups is 1. The summed E-state index contributed by atoms with van der Waals surface area (Å²) in [7, 11) is 3.62. The van der Waals surface area contributed by atoms with Crippen LogP contribution in [0.4, 0.5) is 0 Å². The molecule has 0 spiro atoms. The van der Waals surface area contributed by atoms with E-state index in [1.807, 2.05) is 20.3 Å². The molecule has 22 heavy (non-hydrogen) atoms. The third kappa shape index (κ3) is 4.78. The van der Waals surface area contributed by atoms with Crippen molar-refractivity contribution in [2.45, 2.75) is 26.3 Å². The van der Waals surface area contributed by atoms with Gasteiger partial charge in [-0.15, -0.1) is 0 Å². The van der Waals surface area contributed by atoms with Crippen molar-refractivity contribution in [3.63, 3.8) is 0 Å². The molecular formula is C17H28N4O. The number of aromatic nitrogens is 1. The molecule has 5 heteroatoms. The van der Waals surface area contributed by atoms with Crippen LogP contribution in [0.3, 0.4) is 0 Å². The number of hydrogen-bond donors (Lipinski definition) is 0. The number of pyridine rings is 1. The van der Waals surface area contributed by atoms with Gasteiger partial charge in [0, 0.05) is 58.7 Å². The van der Waals surface area contributed by atoms with Gasteiger partial charge < -0.3 is 4.90 Å². The van der Waals surface area contributed by atoms with Gasteiger partial charge in [-0.1, -0.05) is 19.9 Å². The number of likely N-dealkylation sites (N-methyl/N-ethyl adjacent to an activating group) is 1. The highest BCUT2D eigenvalue weighted by atomic mass is 16.2. The van der Waals surface area contributed by atoms with E-state index in [1.165, 1.54) is 5.56 Å². The minimum Gasteiger partial charge on any atom is -0.348 e. The molecule has 0 saturated carbocycles. The van der Waals surface area contributed by atoms with Gasteiger partial charge in [0.15, 0.2) is 0 Å². The summed E-state index contributed by atoms with van der Waals surface area (Å²) in [6.07, 6.45) is 2.00. The lowest BCUT2D eigenvalue weighted by atomic mass is 10.1. The number of rotatable bonds is 5. The molecule has 1 aliphatic rings. The zero-order valence-electron chi connectivity index (χ0n) is 14.2. The summed E-state index contributed by atoms with van der Waals surface area (Å²) < 4.78 is 0. The summed E-state index contributed by atoms with van der Waals surface area (Å²) in [5, 5.41) is 0. The van der Waals surface area contributed by atoms with E-state index in [0.717, 1.165) is 38.4 Å². The molecule has 2 heterocycles. The van der Waals surface area contributed by atoms with Crippen LogP contribution in [0.5, 0.6) is 0 Å². The molecule has 0 aromatic carbocycles. The van der Waals surface area contributed by atoms with E-state index in [-0.39, 0.29) is 5.91 Å². The SMILES string of the molecule is CC(C)c1ccc(CN2CCN(CC(=O)N(C)C)CC2)cn1. The predicted molar refractivity (Wildman–Crippen MR) is 88.7 cm³/mol. The van der Waals surface area contributed by atoms with Crippen LogP contribution in [0, 0.1) is 0 Å². The van der Waals surface area contributed by atoms with Gasteiger partial charge in [0.05, 0.1) is 6.54 Å². The molecule has 1 aromatic rings. The molecule has 2 rings (SSSR count). The van der Waals surface area contributed by atoms with Gasteiger partial charge in [-0.2, -0.15) is 0 Å². The van der Waals surface area contributed by atoms with Crippen LogP contribution in [0.15, 0.2) is 18.3 Å². The quantitative estimate of drug-likeness (QED) is 0.825. The zero-order valence-corrected chi connectivity index (χ0v) is 14.2. The lowest BCUT2D eigenvalue weighted by molar-refractivity contribution is -0.130. The molecule has 0 N–H and O–H groups in total. The van der Waals surface area contributed by atoms with Gasteiger partial charge >= 0.3 is 0 Å². The molecule has 0 radical (unpaired) electrons. The smallest absolute Gasteiger partial charge is 0.236 e. The van der Waals surface area contributed by atoms with Crippen molar-refractivity contribution >= 4 is 5.91 Å². The van der Waals surface area contributed by atoms with E-state index in [4.69, 9.17) is 0 Å². The molecule has 0 atom stereocenters. The maximum absolute atomic E-state index is 11.7. The van der Waals surface area contributed by atoms with Gasteiger partial charge in [0.2, 0.25) is 5.91 Å². The summed E-state index contributed by atoms with van der Waals surface area (Å²) in [4.78, 5) is 22.6. The second-order valence-electron chi connectivity index (χ2n) is 6.59. The Hall–Kier alpha value is -1.46. The van der Waals surface area contributed by atoms with Crippen molar-refractivity contribution in [3.05, 3.63) is 29.6 Å². The molecule has 0 aliphatic carbocycles. The Bertz CT molecular complexity index is 476. The molecule has 1 amide bonds. The average molecular weight is 304 g/mol. The maximum atomic E-state index is 11.7. The van der Waals surface area contributed by atoms with Crippen LogP contribution in [-0.4, -0.2) is 72.4 Å². The van der Waals surface area contributed by atoms with E-state index in [9.17, 15) is 4.79 Å². The maximum Gasteiger partial charge on any atom is 0.236 e. The summed E-state index contributed by atoms with van der Waals surface area (Å²) in [6.45, 7) is 9.73. The number of nitrogens with zero attached hydrogens (tertiary/aromatic N) is 4. The molecule has 122 valence electrons. The van der Waals surface area contributed by atoms with E-state index < -0.39 is 0 Å². The van der Waals surface area contributed by atoms with Gasteiger partial charge in [-0.05, 0) is 17.5 Å². The first kappa shape index (κ1) is 16.9. The average Bonchev–Trinajstić information content (AvgIpc) is 2.49. The first-order valence-corrected chi connectivity index (χ1v) is 8.05. The number of hydrogen-bond acceptors (Lipinski definition) is 4. The van der Waals surface area contributed by atoms with Crippen molar-refractivity contribution < 1.29 is 4.79 Å². The fourth-order valence-electron chi connectivity index (χ4n) is 2.57. The van der Waals surface area contributed by atoms with Crippen molar-refractivity contribution in [2.75, 3.05) is 46.8 Å². The lowest BCUT2D eigenvalue weighted by Gasteiger charge is -2.34. The summed E-state index contributed by atoms with van der Waals surface area (Å²) >= 11 is 0. The van der Waals surface area contributed by atoms with E-state index in [2.05, 4.69) is 40.8 Å². The van der Waals surface area contributed by atoms with Gasteiger partial charge in [-0.25, -0.2) is 0 Å². The third-order valence-corrected chi connectivity index (χ3v) is 4.17. The molecule has 0 unspecified atom stereocenters. The number of carbonyl (C=O) groups excluding carboxylic acids is 1. The second kappa shape index (κ2) is 7.70. The Labute approximate surface area is 133 Å². The lowest BCUT2D eigenvalue weighted by Crippen LogP contribution is -2.48.